The highest BCUT2D eigenvalue weighted by Crippen LogP contribution is 2.19. The predicted molar refractivity (Wildman–Crippen MR) is 38.4 cm³/mol. The van der Waals surface area contributed by atoms with E-state index in [1.54, 1.807) is 0 Å². The lowest BCUT2D eigenvalue weighted by Gasteiger charge is -2.12. The highest BCUT2D eigenvalue weighted by atomic mass is 16.6. The van der Waals surface area contributed by atoms with Crippen molar-refractivity contribution in [3.8, 4) is 0 Å². The Morgan fingerprint density at radius 1 is 1.80 bits per heavy atom. The fourth-order valence-corrected chi connectivity index (χ4v) is 1.26. The molecule has 0 aromatic carbocycles. The van der Waals surface area contributed by atoms with Gasteiger partial charge in [0.1, 0.15) is 0 Å². The Bertz CT molecular complexity index is 174. The quantitative estimate of drug-likeness (QED) is 0.317. The van der Waals surface area contributed by atoms with Crippen LogP contribution in [0.4, 0.5) is 0 Å². The van der Waals surface area contributed by atoms with Gasteiger partial charge in [0.15, 0.2) is 0 Å². The highest BCUT2D eigenvalue weighted by Gasteiger charge is 2.22. The van der Waals surface area contributed by atoms with Gasteiger partial charge in [0.25, 0.3) is 0 Å². The van der Waals surface area contributed by atoms with Crippen LogP contribution in [0.3, 0.4) is 0 Å². The summed E-state index contributed by atoms with van der Waals surface area (Å²) in [7, 11) is 0. The average Bonchev–Trinajstić information content (AvgIpc) is 1.88. The summed E-state index contributed by atoms with van der Waals surface area (Å²) in [4.78, 5) is 10.1. The van der Waals surface area contributed by atoms with Crippen LogP contribution < -0.4 is 0 Å². The van der Waals surface area contributed by atoms with Crippen LogP contribution >= 0.6 is 0 Å². The van der Waals surface area contributed by atoms with Gasteiger partial charge in [-0.05, 0) is 13.3 Å². The van der Waals surface area contributed by atoms with E-state index >= 15 is 0 Å². The fourth-order valence-electron chi connectivity index (χ4n) is 1.26. The summed E-state index contributed by atoms with van der Waals surface area (Å²) in [6.07, 6.45) is 4.31. The van der Waals surface area contributed by atoms with Gasteiger partial charge in [-0.15, -0.1) is 0 Å². The van der Waals surface area contributed by atoms with E-state index in [0.29, 0.717) is 12.8 Å². The molecule has 0 N–H and O–H groups in total. The van der Waals surface area contributed by atoms with Gasteiger partial charge in [-0.2, -0.15) is 0 Å². The molecule has 56 valence electrons. The summed E-state index contributed by atoms with van der Waals surface area (Å²) in [5.74, 6) is 0. The van der Waals surface area contributed by atoms with Crippen molar-refractivity contribution in [2.45, 2.75) is 32.2 Å². The molecule has 0 bridgehead atoms. The molecular formula is C7H11NO2. The first-order chi connectivity index (χ1) is 4.70. The molecule has 0 aromatic heterocycles. The molecule has 3 nitrogen and oxygen atoms in total. The molecule has 1 atom stereocenters. The van der Waals surface area contributed by atoms with E-state index in [4.69, 9.17) is 0 Å². The Morgan fingerprint density at radius 2 is 2.50 bits per heavy atom. The van der Waals surface area contributed by atoms with Crippen molar-refractivity contribution in [3.63, 3.8) is 0 Å². The van der Waals surface area contributed by atoms with Gasteiger partial charge in [0.2, 0.25) is 6.04 Å². The number of hydrogen-bond acceptors (Lipinski definition) is 2. The molecule has 1 aliphatic rings. The molecule has 0 amide bonds. The van der Waals surface area contributed by atoms with Gasteiger partial charge in [-0.25, -0.2) is 0 Å². The van der Waals surface area contributed by atoms with Crippen molar-refractivity contribution in [2.24, 2.45) is 0 Å². The number of allylic oxidation sites excluding steroid dienone is 1. The Morgan fingerprint density at radius 3 is 2.90 bits per heavy atom. The van der Waals surface area contributed by atoms with Crippen LogP contribution in [-0.4, -0.2) is 11.0 Å². The third kappa shape index (κ3) is 1.56. The van der Waals surface area contributed by atoms with Crippen molar-refractivity contribution in [3.05, 3.63) is 21.8 Å². The summed E-state index contributed by atoms with van der Waals surface area (Å²) in [5, 5.41) is 10.3. The molecule has 1 unspecified atom stereocenters. The molecule has 0 saturated carbocycles. The van der Waals surface area contributed by atoms with Crippen LogP contribution in [0.5, 0.6) is 0 Å². The maximum absolute atomic E-state index is 10.3. The Balaban J connectivity index is 2.53. The van der Waals surface area contributed by atoms with E-state index < -0.39 is 0 Å². The molecule has 1 aliphatic carbocycles. The van der Waals surface area contributed by atoms with Crippen LogP contribution in [0.2, 0.25) is 0 Å². The molecule has 0 radical (unpaired) electrons. The smallest absolute Gasteiger partial charge is 0.217 e. The first-order valence-electron chi connectivity index (χ1n) is 3.49. The summed E-state index contributed by atoms with van der Waals surface area (Å²) in [6, 6.07) is -0.315. The zero-order valence-corrected chi connectivity index (χ0v) is 6.04. The number of rotatable bonds is 1. The van der Waals surface area contributed by atoms with E-state index in [2.05, 4.69) is 6.08 Å². The first kappa shape index (κ1) is 7.25. The van der Waals surface area contributed by atoms with E-state index in [1.165, 1.54) is 0 Å². The monoisotopic (exact) mass is 141 g/mol. The molecule has 10 heavy (non-hydrogen) atoms. The number of nitrogens with zero attached hydrogens (tertiary/aromatic N) is 1. The zero-order chi connectivity index (χ0) is 7.56. The van der Waals surface area contributed by atoms with E-state index in [1.807, 2.05) is 6.92 Å². The van der Waals surface area contributed by atoms with Gasteiger partial charge >= 0.3 is 0 Å². The van der Waals surface area contributed by atoms with Gasteiger partial charge in [0, 0.05) is 17.8 Å². The largest absolute Gasteiger partial charge is 0.264 e. The van der Waals surface area contributed by atoms with Crippen LogP contribution in [-0.2, 0) is 0 Å². The molecule has 0 fully saturated rings. The third-order valence-electron chi connectivity index (χ3n) is 1.85. The van der Waals surface area contributed by atoms with Crippen molar-refractivity contribution < 1.29 is 4.92 Å². The summed E-state index contributed by atoms with van der Waals surface area (Å²) >= 11 is 0. The van der Waals surface area contributed by atoms with Crippen molar-refractivity contribution in [1.82, 2.24) is 0 Å². The van der Waals surface area contributed by atoms with Gasteiger partial charge in [-0.3, -0.25) is 10.1 Å². The summed E-state index contributed by atoms with van der Waals surface area (Å²) in [5.41, 5.74) is 1.16. The molecule has 0 aliphatic heterocycles. The molecule has 0 aromatic rings. The normalized spacial score (nSPS) is 25.7. The molecule has 1 rings (SSSR count). The standard InChI is InChI=1S/C7H11NO2/c1-6-3-2-4-7(5-6)8(9)10/h3,7H,2,4-5H2,1H3. The molecule has 0 heterocycles. The van der Waals surface area contributed by atoms with E-state index in [-0.39, 0.29) is 11.0 Å². The van der Waals surface area contributed by atoms with Crippen LogP contribution in [0.1, 0.15) is 26.2 Å². The molecular weight excluding hydrogens is 130 g/mol. The maximum atomic E-state index is 10.3. The van der Waals surface area contributed by atoms with Crippen molar-refractivity contribution in [1.29, 1.82) is 0 Å². The SMILES string of the molecule is CC1=CCCC([N+](=O)[O-])C1. The lowest BCUT2D eigenvalue weighted by atomic mass is 9.96. The molecule has 0 saturated heterocycles. The van der Waals surface area contributed by atoms with E-state index in [9.17, 15) is 10.1 Å². The zero-order valence-electron chi connectivity index (χ0n) is 6.04. The molecule has 0 spiro atoms. The minimum absolute atomic E-state index is 0.170. The minimum Gasteiger partial charge on any atom is -0.264 e. The second kappa shape index (κ2) is 2.82. The van der Waals surface area contributed by atoms with Gasteiger partial charge in [0.05, 0.1) is 0 Å². The Labute approximate surface area is 59.9 Å². The predicted octanol–water partition coefficient (Wildman–Crippen LogP) is 1.76. The molecule has 3 heteroatoms. The number of nitro groups is 1. The second-order valence-electron chi connectivity index (χ2n) is 2.77. The lowest BCUT2D eigenvalue weighted by molar-refractivity contribution is -0.523. The van der Waals surface area contributed by atoms with Crippen LogP contribution in [0.15, 0.2) is 11.6 Å². The Kier molecular flexibility index (Phi) is 2.04. The van der Waals surface area contributed by atoms with Crippen LogP contribution in [0, 0.1) is 10.1 Å². The van der Waals surface area contributed by atoms with Gasteiger partial charge < -0.3 is 0 Å². The summed E-state index contributed by atoms with van der Waals surface area (Å²) < 4.78 is 0. The first-order valence-corrected chi connectivity index (χ1v) is 3.49. The van der Waals surface area contributed by atoms with E-state index in [0.717, 1.165) is 12.0 Å². The third-order valence-corrected chi connectivity index (χ3v) is 1.85. The number of hydrogen-bond donors (Lipinski definition) is 0. The van der Waals surface area contributed by atoms with Crippen molar-refractivity contribution in [2.75, 3.05) is 0 Å². The fraction of sp³-hybridized carbons (Fsp3) is 0.714. The minimum atomic E-state index is -0.315. The lowest BCUT2D eigenvalue weighted by Crippen LogP contribution is -2.21. The van der Waals surface area contributed by atoms with Crippen molar-refractivity contribution >= 4 is 0 Å². The van der Waals surface area contributed by atoms with Crippen LogP contribution in [0.25, 0.3) is 0 Å². The van der Waals surface area contributed by atoms with Gasteiger partial charge in [-0.1, -0.05) is 11.6 Å². The highest BCUT2D eigenvalue weighted by molar-refractivity contribution is 5.03. The Hall–Kier alpha value is -0.860. The summed E-state index contributed by atoms with van der Waals surface area (Å²) in [6.45, 7) is 1.95. The second-order valence-corrected chi connectivity index (χ2v) is 2.77. The average molecular weight is 141 g/mol. The maximum Gasteiger partial charge on any atom is 0.217 e. The topological polar surface area (TPSA) is 43.1 Å².